The predicted octanol–water partition coefficient (Wildman–Crippen LogP) is 10.1. The molecule has 0 fully saturated rings. The molecule has 196 valence electrons. The number of aliphatic imine (C=N–C) groups is 1. The molecule has 5 rings (SSSR count). The summed E-state index contributed by atoms with van der Waals surface area (Å²) >= 11 is 20.0. The minimum Gasteiger partial charge on any atom is -0.455 e. The fraction of sp³-hybridized carbons (Fsp3) is 0.267. The second-order valence-electron chi connectivity index (χ2n) is 10.5. The second kappa shape index (κ2) is 10.9. The Balaban J connectivity index is 1.47. The van der Waals surface area contributed by atoms with Crippen molar-refractivity contribution >= 4 is 68.9 Å². The Hall–Kier alpha value is -2.57. The first kappa shape index (κ1) is 27.0. The van der Waals surface area contributed by atoms with Crippen LogP contribution in [0.1, 0.15) is 53.8 Å². The number of amides is 1. The zero-order chi connectivity index (χ0) is 27.0. The van der Waals surface area contributed by atoms with Gasteiger partial charge in [-0.2, -0.15) is 0 Å². The van der Waals surface area contributed by atoms with Crippen molar-refractivity contribution in [1.82, 2.24) is 0 Å². The van der Waals surface area contributed by atoms with E-state index in [2.05, 4.69) is 26.1 Å². The lowest BCUT2D eigenvalue weighted by atomic mass is 9.72. The first-order chi connectivity index (χ1) is 18.1. The summed E-state index contributed by atoms with van der Waals surface area (Å²) in [6, 6.07) is 16.1. The molecule has 2 heterocycles. The zero-order valence-corrected chi connectivity index (χ0v) is 24.4. The summed E-state index contributed by atoms with van der Waals surface area (Å²) < 4.78 is 6.00. The molecule has 1 aliphatic rings. The molecule has 1 aliphatic carbocycles. The summed E-state index contributed by atoms with van der Waals surface area (Å²) in [5.74, 6) is 1.56. The minimum atomic E-state index is -0.167. The van der Waals surface area contributed by atoms with Crippen LogP contribution in [0.3, 0.4) is 0 Å². The van der Waals surface area contributed by atoms with Gasteiger partial charge in [0.05, 0.1) is 16.8 Å². The summed E-state index contributed by atoms with van der Waals surface area (Å²) in [4.78, 5) is 19.5. The number of furan rings is 1. The molecule has 0 unspecified atom stereocenters. The van der Waals surface area contributed by atoms with Gasteiger partial charge in [-0.15, -0.1) is 11.3 Å². The van der Waals surface area contributed by atoms with Crippen LogP contribution in [-0.2, 0) is 12.8 Å². The van der Waals surface area contributed by atoms with E-state index in [0.717, 1.165) is 30.4 Å². The number of rotatable bonds is 5. The molecule has 0 radical (unpaired) electrons. The lowest BCUT2D eigenvalue weighted by molar-refractivity contribution is 0.102. The van der Waals surface area contributed by atoms with Gasteiger partial charge in [-0.25, -0.2) is 4.99 Å². The molecule has 0 saturated heterocycles. The van der Waals surface area contributed by atoms with Crippen molar-refractivity contribution in [1.29, 1.82) is 0 Å². The number of benzene rings is 2. The number of hydrogen-bond acceptors (Lipinski definition) is 4. The Labute approximate surface area is 241 Å². The molecule has 38 heavy (non-hydrogen) atoms. The van der Waals surface area contributed by atoms with Gasteiger partial charge < -0.3 is 9.73 Å². The van der Waals surface area contributed by atoms with E-state index in [0.29, 0.717) is 48.8 Å². The molecule has 0 bridgehead atoms. The first-order valence-electron chi connectivity index (χ1n) is 12.4. The summed E-state index contributed by atoms with van der Waals surface area (Å²) in [7, 11) is 0. The summed E-state index contributed by atoms with van der Waals surface area (Å²) in [5.41, 5.74) is 3.37. The Bertz CT molecular complexity index is 1510. The van der Waals surface area contributed by atoms with E-state index >= 15 is 0 Å². The van der Waals surface area contributed by atoms with Crippen LogP contribution in [0.2, 0.25) is 15.1 Å². The summed E-state index contributed by atoms with van der Waals surface area (Å²) in [5, 5.41) is 5.39. The Kier molecular flexibility index (Phi) is 7.74. The number of nitrogens with one attached hydrogen (secondary N) is 1. The minimum absolute atomic E-state index is 0.167. The molecule has 1 amide bonds. The molecular formula is C30H27Cl3N2O2S. The number of hydrogen-bond donors (Lipinski definition) is 1. The molecular weight excluding hydrogens is 559 g/mol. The van der Waals surface area contributed by atoms with Crippen molar-refractivity contribution in [2.24, 2.45) is 16.3 Å². The van der Waals surface area contributed by atoms with Gasteiger partial charge in [0.15, 0.2) is 0 Å². The van der Waals surface area contributed by atoms with Crippen molar-refractivity contribution in [3.05, 3.63) is 91.4 Å². The maximum atomic E-state index is 13.5. The molecule has 2 aromatic carbocycles. The van der Waals surface area contributed by atoms with Crippen molar-refractivity contribution in [2.75, 3.05) is 5.32 Å². The van der Waals surface area contributed by atoms with Crippen molar-refractivity contribution in [3.63, 3.8) is 0 Å². The Morgan fingerprint density at radius 2 is 1.79 bits per heavy atom. The van der Waals surface area contributed by atoms with Gasteiger partial charge in [-0.05, 0) is 90.8 Å². The molecule has 0 aliphatic heterocycles. The lowest BCUT2D eigenvalue weighted by Gasteiger charge is -2.33. The molecule has 0 saturated carbocycles. The third kappa shape index (κ3) is 5.86. The maximum absolute atomic E-state index is 13.5. The third-order valence-electron chi connectivity index (χ3n) is 6.93. The highest BCUT2D eigenvalue weighted by Gasteiger charge is 2.33. The highest BCUT2D eigenvalue weighted by molar-refractivity contribution is 7.16. The van der Waals surface area contributed by atoms with E-state index in [1.807, 2.05) is 18.2 Å². The number of anilines is 1. The van der Waals surface area contributed by atoms with Crippen molar-refractivity contribution in [2.45, 2.75) is 40.0 Å². The van der Waals surface area contributed by atoms with E-state index in [-0.39, 0.29) is 11.3 Å². The fourth-order valence-electron chi connectivity index (χ4n) is 4.74. The van der Waals surface area contributed by atoms with Crippen LogP contribution in [0.4, 0.5) is 10.7 Å². The fourth-order valence-corrected chi connectivity index (χ4v) is 6.64. The van der Waals surface area contributed by atoms with E-state index < -0.39 is 0 Å². The maximum Gasteiger partial charge on any atom is 0.259 e. The zero-order valence-electron chi connectivity index (χ0n) is 21.3. The average molecular weight is 586 g/mol. The van der Waals surface area contributed by atoms with Crippen LogP contribution in [0.25, 0.3) is 11.3 Å². The van der Waals surface area contributed by atoms with Crippen LogP contribution in [0, 0.1) is 11.3 Å². The quantitative estimate of drug-likeness (QED) is 0.237. The van der Waals surface area contributed by atoms with Crippen molar-refractivity contribution in [3.8, 4) is 11.3 Å². The van der Waals surface area contributed by atoms with Crippen LogP contribution in [0.15, 0.2) is 64.0 Å². The number of carbonyl (C=O) groups is 1. The number of halogens is 3. The molecule has 1 atom stereocenters. The van der Waals surface area contributed by atoms with Gasteiger partial charge in [0.25, 0.3) is 5.91 Å². The topological polar surface area (TPSA) is 54.6 Å². The lowest BCUT2D eigenvalue weighted by Crippen LogP contribution is -2.27. The number of nitrogens with zero attached hydrogens (tertiary/aromatic N) is 1. The van der Waals surface area contributed by atoms with Gasteiger partial charge in [0.1, 0.15) is 16.5 Å². The van der Waals surface area contributed by atoms with Crippen molar-refractivity contribution < 1.29 is 9.21 Å². The first-order valence-corrected chi connectivity index (χ1v) is 14.3. The van der Waals surface area contributed by atoms with Crippen LogP contribution >= 0.6 is 46.1 Å². The van der Waals surface area contributed by atoms with Crippen LogP contribution in [-0.4, -0.2) is 12.1 Å². The predicted molar refractivity (Wildman–Crippen MR) is 160 cm³/mol. The van der Waals surface area contributed by atoms with E-state index in [1.165, 1.54) is 4.88 Å². The SMILES string of the molecule is CC(C)(C)[C@H]1CCc2c(sc(N=Cc3ccc(-c4ccc(Cl)cc4Cl)o3)c2C(=O)Nc2ccc(Cl)cc2)C1. The average Bonchev–Trinajstić information content (AvgIpc) is 3.47. The monoisotopic (exact) mass is 584 g/mol. The second-order valence-corrected chi connectivity index (χ2v) is 12.9. The third-order valence-corrected chi connectivity index (χ3v) is 8.90. The van der Waals surface area contributed by atoms with Gasteiger partial charge in [0, 0.05) is 26.2 Å². The van der Waals surface area contributed by atoms with Crippen LogP contribution < -0.4 is 5.32 Å². The Morgan fingerprint density at radius 1 is 1.05 bits per heavy atom. The van der Waals surface area contributed by atoms with Gasteiger partial charge in [-0.3, -0.25) is 4.79 Å². The smallest absolute Gasteiger partial charge is 0.259 e. The highest BCUT2D eigenvalue weighted by atomic mass is 35.5. The van der Waals surface area contributed by atoms with Crippen LogP contribution in [0.5, 0.6) is 0 Å². The molecule has 4 nitrogen and oxygen atoms in total. The Morgan fingerprint density at radius 3 is 2.50 bits per heavy atom. The van der Waals surface area contributed by atoms with Gasteiger partial charge in [-0.1, -0.05) is 55.6 Å². The van der Waals surface area contributed by atoms with E-state index in [9.17, 15) is 4.79 Å². The summed E-state index contributed by atoms with van der Waals surface area (Å²) in [6.07, 6.45) is 4.50. The number of carbonyl (C=O) groups excluding carboxylic acids is 1. The van der Waals surface area contributed by atoms with E-state index in [4.69, 9.17) is 44.2 Å². The molecule has 4 aromatic rings. The molecule has 8 heteroatoms. The summed E-state index contributed by atoms with van der Waals surface area (Å²) in [6.45, 7) is 6.85. The highest BCUT2D eigenvalue weighted by Crippen LogP contribution is 2.45. The van der Waals surface area contributed by atoms with Gasteiger partial charge >= 0.3 is 0 Å². The number of thiophene rings is 1. The number of fused-ring (bicyclic) bond motifs is 1. The molecule has 2 aromatic heterocycles. The molecule has 1 N–H and O–H groups in total. The largest absolute Gasteiger partial charge is 0.455 e. The van der Waals surface area contributed by atoms with Gasteiger partial charge in [0.2, 0.25) is 0 Å². The van der Waals surface area contributed by atoms with E-state index in [1.54, 1.807) is 53.9 Å². The normalized spacial score (nSPS) is 15.6. The standard InChI is InChI=1S/C30H27Cl3N2O2S/c1-30(2,3)17-4-11-23-26(14-17)38-29(27(23)28(36)35-20-8-5-18(31)6-9-20)34-16-21-10-13-25(37-21)22-12-7-19(32)15-24(22)33/h5-10,12-13,15-17H,4,11,14H2,1-3H3,(H,35,36)/t17-/m0/s1. The molecule has 0 spiro atoms.